The molecule has 3 rings (SSSR count). The first-order chi connectivity index (χ1) is 27.2. The van der Waals surface area contributed by atoms with Crippen molar-refractivity contribution in [2.45, 2.75) is 133 Å². The Bertz CT molecular complexity index is 1350. The van der Waals surface area contributed by atoms with E-state index in [0.29, 0.717) is 77.8 Å². The molecule has 0 N–H and O–H groups in total. The van der Waals surface area contributed by atoms with E-state index in [1.165, 1.54) is 29.5 Å². The Morgan fingerprint density at radius 2 is 1.04 bits per heavy atom. The molecule has 1 aliphatic carbocycles. The third kappa shape index (κ3) is 27.3. The van der Waals surface area contributed by atoms with Crippen LogP contribution < -0.4 is 0 Å². The Morgan fingerprint density at radius 1 is 0.589 bits per heavy atom. The molecule has 56 heavy (non-hydrogen) atoms. The number of ether oxygens (including phenoxy) is 4. The molecule has 0 fully saturated rings. The first-order valence-corrected chi connectivity index (χ1v) is 21.2. The van der Waals surface area contributed by atoms with E-state index in [-0.39, 0.29) is 17.3 Å². The summed E-state index contributed by atoms with van der Waals surface area (Å²) >= 11 is 0. The largest absolute Gasteiger partial charge is 0.379 e. The number of rotatable bonds is 22. The summed E-state index contributed by atoms with van der Waals surface area (Å²) in [7, 11) is 1.71. The maximum absolute atomic E-state index is 12.3. The van der Waals surface area contributed by atoms with Gasteiger partial charge in [-0.2, -0.15) is 10.2 Å². The molecule has 0 aliphatic heterocycles. The van der Waals surface area contributed by atoms with Crippen LogP contribution in [0.4, 0.5) is 0 Å². The second-order valence-corrected chi connectivity index (χ2v) is 13.0. The molecule has 9 nitrogen and oxygen atoms in total. The number of carbonyl (C=O) groups is 3. The number of ketones is 3. The molecule has 1 atom stereocenters. The Labute approximate surface area is 341 Å². The van der Waals surface area contributed by atoms with Gasteiger partial charge in [0.25, 0.3) is 0 Å². The van der Waals surface area contributed by atoms with E-state index < -0.39 is 0 Å². The van der Waals surface area contributed by atoms with Crippen LogP contribution in [0.2, 0.25) is 0 Å². The van der Waals surface area contributed by atoms with Crippen molar-refractivity contribution in [1.82, 2.24) is 0 Å². The van der Waals surface area contributed by atoms with Gasteiger partial charge >= 0.3 is 0 Å². The monoisotopic (exact) mass is 783 g/mol. The van der Waals surface area contributed by atoms with Gasteiger partial charge in [0.2, 0.25) is 0 Å². The number of carbonyl (C=O) groups excluding carboxylic acids is 3. The SMILES string of the molecule is CC.CC.CCCC.CCCOCCOCCOCCOCCC(C)=O.CN=N/C1=C(\C)c2ccccc2CC(CCC(=O)CCC(C)=O)Cc2ccccc21. The lowest BCUT2D eigenvalue weighted by Crippen LogP contribution is -2.13. The average molecular weight is 783 g/mol. The van der Waals surface area contributed by atoms with Crippen LogP contribution in [0.1, 0.15) is 143 Å². The summed E-state index contributed by atoms with van der Waals surface area (Å²) in [6, 6.07) is 16.9. The average Bonchev–Trinajstić information content (AvgIpc) is 3.26. The number of unbranched alkanes of at least 4 members (excludes halogenated alkanes) is 1. The van der Waals surface area contributed by atoms with Crippen molar-refractivity contribution in [1.29, 1.82) is 0 Å². The zero-order valence-electron chi connectivity index (χ0n) is 37.2. The van der Waals surface area contributed by atoms with Crippen LogP contribution in [0.5, 0.6) is 0 Å². The minimum Gasteiger partial charge on any atom is -0.379 e. The minimum absolute atomic E-state index is 0.0767. The lowest BCUT2D eigenvalue weighted by molar-refractivity contribution is -0.123. The van der Waals surface area contributed by atoms with Crippen LogP contribution in [0, 0.1) is 5.92 Å². The van der Waals surface area contributed by atoms with E-state index >= 15 is 0 Å². The minimum atomic E-state index is 0.0767. The summed E-state index contributed by atoms with van der Waals surface area (Å²) in [5.41, 5.74) is 6.89. The molecule has 0 aromatic heterocycles. The fourth-order valence-corrected chi connectivity index (χ4v) is 5.38. The van der Waals surface area contributed by atoms with Gasteiger partial charge in [0.05, 0.1) is 51.9 Å². The van der Waals surface area contributed by atoms with Gasteiger partial charge in [-0.25, -0.2) is 0 Å². The zero-order valence-corrected chi connectivity index (χ0v) is 37.2. The van der Waals surface area contributed by atoms with Crippen LogP contribution in [0.25, 0.3) is 11.3 Å². The van der Waals surface area contributed by atoms with E-state index in [2.05, 4.69) is 80.4 Å². The van der Waals surface area contributed by atoms with Gasteiger partial charge in [-0.3, -0.25) is 9.59 Å². The normalized spacial score (nSPS) is 14.3. The van der Waals surface area contributed by atoms with Crippen molar-refractivity contribution < 1.29 is 33.3 Å². The maximum atomic E-state index is 12.3. The highest BCUT2D eigenvalue weighted by molar-refractivity contribution is 5.91. The zero-order chi connectivity index (χ0) is 42.4. The third-order valence-electron chi connectivity index (χ3n) is 8.42. The quantitative estimate of drug-likeness (QED) is 0.0863. The third-order valence-corrected chi connectivity index (χ3v) is 8.42. The predicted molar refractivity (Wildman–Crippen MR) is 233 cm³/mol. The van der Waals surface area contributed by atoms with Gasteiger partial charge < -0.3 is 23.7 Å². The van der Waals surface area contributed by atoms with Gasteiger partial charge in [-0.05, 0) is 74.6 Å². The maximum Gasteiger partial charge on any atom is 0.133 e. The molecule has 0 saturated carbocycles. The highest BCUT2D eigenvalue weighted by atomic mass is 16.6. The van der Waals surface area contributed by atoms with Gasteiger partial charge in [0.15, 0.2) is 0 Å². The Morgan fingerprint density at radius 3 is 1.50 bits per heavy atom. The van der Waals surface area contributed by atoms with Gasteiger partial charge in [0.1, 0.15) is 17.3 Å². The number of fused-ring (bicyclic) bond motifs is 2. The molecule has 0 bridgehead atoms. The molecule has 2 aromatic carbocycles. The van der Waals surface area contributed by atoms with Crippen LogP contribution >= 0.6 is 0 Å². The predicted octanol–water partition coefficient (Wildman–Crippen LogP) is 11.4. The molecule has 0 amide bonds. The number of hydrogen-bond donors (Lipinski definition) is 0. The lowest BCUT2D eigenvalue weighted by atomic mass is 9.86. The van der Waals surface area contributed by atoms with Crippen molar-refractivity contribution >= 4 is 28.6 Å². The topological polar surface area (TPSA) is 113 Å². The number of hydrogen-bond acceptors (Lipinski definition) is 9. The van der Waals surface area contributed by atoms with Crippen molar-refractivity contribution in [3.63, 3.8) is 0 Å². The highest BCUT2D eigenvalue weighted by Gasteiger charge is 2.22. The fourth-order valence-electron chi connectivity index (χ4n) is 5.38. The molecule has 1 unspecified atom stereocenters. The molecule has 0 heterocycles. The number of nitrogens with zero attached hydrogens (tertiary/aromatic N) is 2. The van der Waals surface area contributed by atoms with Gasteiger partial charge in [0, 0.05) is 44.9 Å². The smallest absolute Gasteiger partial charge is 0.133 e. The highest BCUT2D eigenvalue weighted by Crippen LogP contribution is 2.36. The molecule has 0 radical (unpaired) electrons. The Hall–Kier alpha value is -3.37. The number of Topliss-reactive ketones (excluding diaryl/α,β-unsaturated/α-hetero) is 3. The van der Waals surface area contributed by atoms with Crippen molar-refractivity contribution in [3.05, 3.63) is 70.8 Å². The van der Waals surface area contributed by atoms with Gasteiger partial charge in [-0.15, -0.1) is 0 Å². The van der Waals surface area contributed by atoms with Crippen molar-refractivity contribution in [2.75, 3.05) is 59.9 Å². The first-order valence-electron chi connectivity index (χ1n) is 21.2. The molecular formula is C47H78N2O7. The molecule has 318 valence electrons. The number of azo groups is 1. The number of allylic oxidation sites excluding steroid dienone is 1. The summed E-state index contributed by atoms with van der Waals surface area (Å²) in [5.74, 6) is 0.753. The molecule has 9 heteroatoms. The molecule has 0 saturated heterocycles. The summed E-state index contributed by atoms with van der Waals surface area (Å²) in [4.78, 5) is 34.1. The van der Waals surface area contributed by atoms with E-state index in [9.17, 15) is 14.4 Å². The first kappa shape index (κ1) is 54.7. The fraction of sp³-hybridized carbons (Fsp3) is 0.638. The van der Waals surface area contributed by atoms with E-state index in [1.54, 1.807) is 20.9 Å². The Balaban J connectivity index is 0. The second kappa shape index (κ2) is 38.5. The second-order valence-electron chi connectivity index (χ2n) is 13.0. The van der Waals surface area contributed by atoms with E-state index in [0.717, 1.165) is 49.1 Å². The molecule has 0 spiro atoms. The van der Waals surface area contributed by atoms with Gasteiger partial charge in [-0.1, -0.05) is 110 Å². The standard InChI is InChI=1S/C26H30N2O2.C13H26O5.C4H10.2C2H6/c1-18(29)12-14-23(30)15-13-20-16-21-8-4-6-10-24(21)19(2)26(28-27-3)25-11-7-5-9-22(25)17-20;1-3-5-15-7-9-17-11-12-18-10-8-16-6-4-13(2)14;1-3-4-2;2*1-2/h4-11,20H,12-17H2,1-3H3;3-12H2,1-2H3;3-4H2,1-2H3;2*1-2H3/b26-19+,28-27?;;;;. The summed E-state index contributed by atoms with van der Waals surface area (Å²) in [6.45, 7) is 24.4. The summed E-state index contributed by atoms with van der Waals surface area (Å²) in [6.07, 6.45) is 8.01. The van der Waals surface area contributed by atoms with Crippen molar-refractivity contribution in [2.24, 2.45) is 16.1 Å². The molecule has 2 aromatic rings. The molecule has 1 aliphatic rings. The summed E-state index contributed by atoms with van der Waals surface area (Å²) in [5, 5.41) is 8.60. The van der Waals surface area contributed by atoms with Crippen molar-refractivity contribution in [3.8, 4) is 0 Å². The van der Waals surface area contributed by atoms with Crippen LogP contribution in [0.15, 0.2) is 58.8 Å². The number of benzene rings is 2. The molecular weight excluding hydrogens is 705 g/mol. The summed E-state index contributed by atoms with van der Waals surface area (Å²) < 4.78 is 21.1. The van der Waals surface area contributed by atoms with Crippen LogP contribution in [-0.2, 0) is 46.2 Å². The van der Waals surface area contributed by atoms with Crippen LogP contribution in [-0.4, -0.2) is 77.3 Å². The van der Waals surface area contributed by atoms with Crippen LogP contribution in [0.3, 0.4) is 0 Å². The lowest BCUT2D eigenvalue weighted by Gasteiger charge is -2.18. The van der Waals surface area contributed by atoms with E-state index in [4.69, 9.17) is 18.9 Å². The Kier molecular flexibility index (Phi) is 37.6. The van der Waals surface area contributed by atoms with E-state index in [1.807, 2.05) is 33.8 Å².